The van der Waals surface area contributed by atoms with Gasteiger partial charge in [0.05, 0.1) is 16.5 Å². The lowest BCUT2D eigenvalue weighted by molar-refractivity contribution is -0.140. The van der Waals surface area contributed by atoms with E-state index in [9.17, 15) is 27.5 Å². The second-order valence-corrected chi connectivity index (χ2v) is 11.4. The standard InChI is InChI=1S/C26H30FN3O5S/c1-28(2)36(34,35)19-12-10-18(11-13-19)24(31)22-23(20-8-4-5-9-21(20)27)30(26(33)25(22)32)17-16-29-14-6-3-7-15-29/h4-5,8-13,23,31H,3,6-7,14-17H2,1-2H3/b24-22-. The van der Waals surface area contributed by atoms with Gasteiger partial charge in [0.25, 0.3) is 11.7 Å². The molecule has 2 fully saturated rings. The highest BCUT2D eigenvalue weighted by Crippen LogP contribution is 2.40. The van der Waals surface area contributed by atoms with Gasteiger partial charge >= 0.3 is 0 Å². The predicted octanol–water partition coefficient (Wildman–Crippen LogP) is 2.98. The van der Waals surface area contributed by atoms with Crippen LogP contribution >= 0.6 is 0 Å². The fourth-order valence-electron chi connectivity index (χ4n) is 4.71. The Morgan fingerprint density at radius 1 is 1.00 bits per heavy atom. The minimum absolute atomic E-state index is 0.0108. The molecular formula is C26H30FN3O5S. The number of aliphatic hydroxyl groups excluding tert-OH is 1. The number of nitrogens with zero attached hydrogens (tertiary/aromatic N) is 3. The molecule has 1 atom stereocenters. The predicted molar refractivity (Wildman–Crippen MR) is 133 cm³/mol. The summed E-state index contributed by atoms with van der Waals surface area (Å²) in [5.74, 6) is -2.76. The minimum Gasteiger partial charge on any atom is -0.507 e. The first-order valence-corrected chi connectivity index (χ1v) is 13.3. The summed E-state index contributed by atoms with van der Waals surface area (Å²) in [4.78, 5) is 29.8. The normalized spacial score (nSPS) is 20.9. The Balaban J connectivity index is 1.74. The molecule has 0 radical (unpaired) electrons. The average molecular weight is 516 g/mol. The Hall–Kier alpha value is -3.08. The van der Waals surface area contributed by atoms with Crippen LogP contribution in [0.5, 0.6) is 0 Å². The van der Waals surface area contributed by atoms with Crippen LogP contribution in [0.15, 0.2) is 59.0 Å². The smallest absolute Gasteiger partial charge is 0.295 e. The van der Waals surface area contributed by atoms with Crippen molar-refractivity contribution in [2.24, 2.45) is 0 Å². The molecule has 2 saturated heterocycles. The maximum Gasteiger partial charge on any atom is 0.295 e. The third-order valence-electron chi connectivity index (χ3n) is 6.75. The Morgan fingerprint density at radius 2 is 1.64 bits per heavy atom. The molecule has 2 heterocycles. The molecule has 2 aliphatic heterocycles. The molecule has 1 unspecified atom stereocenters. The van der Waals surface area contributed by atoms with Gasteiger partial charge in [-0.05, 0) is 56.3 Å². The average Bonchev–Trinajstić information content (AvgIpc) is 3.12. The van der Waals surface area contributed by atoms with Crippen molar-refractivity contribution in [2.75, 3.05) is 40.3 Å². The Labute approximate surface area is 210 Å². The van der Waals surface area contributed by atoms with E-state index in [1.54, 1.807) is 6.07 Å². The van der Waals surface area contributed by atoms with Crippen molar-refractivity contribution < 1.29 is 27.5 Å². The number of hydrogen-bond acceptors (Lipinski definition) is 6. The number of likely N-dealkylation sites (tertiary alicyclic amines) is 2. The lowest BCUT2D eigenvalue weighted by Gasteiger charge is -2.31. The van der Waals surface area contributed by atoms with Crippen LogP contribution in [-0.2, 0) is 19.6 Å². The van der Waals surface area contributed by atoms with Crippen LogP contribution in [-0.4, -0.2) is 79.6 Å². The molecule has 2 aromatic rings. The summed E-state index contributed by atoms with van der Waals surface area (Å²) >= 11 is 0. The molecule has 2 aliphatic rings. The van der Waals surface area contributed by atoms with Crippen molar-refractivity contribution in [3.8, 4) is 0 Å². The number of carbonyl (C=O) groups is 2. The molecule has 2 aromatic carbocycles. The SMILES string of the molecule is CN(C)S(=O)(=O)c1ccc(/C(O)=C2/C(=O)C(=O)N(CCN3CCCCC3)C2c2ccccc2F)cc1. The molecule has 4 rings (SSSR count). The number of carbonyl (C=O) groups excluding carboxylic acids is 2. The van der Waals surface area contributed by atoms with Crippen LogP contribution in [0.3, 0.4) is 0 Å². The maximum atomic E-state index is 14.9. The van der Waals surface area contributed by atoms with E-state index < -0.39 is 39.3 Å². The first-order chi connectivity index (χ1) is 17.1. The first-order valence-electron chi connectivity index (χ1n) is 11.9. The van der Waals surface area contributed by atoms with Gasteiger partial charge in [-0.15, -0.1) is 0 Å². The van der Waals surface area contributed by atoms with E-state index in [1.807, 2.05) is 0 Å². The van der Waals surface area contributed by atoms with E-state index in [0.717, 1.165) is 36.7 Å². The van der Waals surface area contributed by atoms with Crippen molar-refractivity contribution >= 4 is 27.5 Å². The molecule has 1 N–H and O–H groups in total. The van der Waals surface area contributed by atoms with Crippen molar-refractivity contribution in [1.29, 1.82) is 0 Å². The molecule has 8 nitrogen and oxygen atoms in total. The van der Waals surface area contributed by atoms with Gasteiger partial charge in [-0.3, -0.25) is 9.59 Å². The third kappa shape index (κ3) is 4.93. The van der Waals surface area contributed by atoms with E-state index in [0.29, 0.717) is 6.54 Å². The highest BCUT2D eigenvalue weighted by Gasteiger charge is 2.46. The summed E-state index contributed by atoms with van der Waals surface area (Å²) in [6.07, 6.45) is 3.29. The van der Waals surface area contributed by atoms with Crippen LogP contribution in [0.25, 0.3) is 5.76 Å². The highest BCUT2D eigenvalue weighted by atomic mass is 32.2. The summed E-state index contributed by atoms with van der Waals surface area (Å²) in [6.45, 7) is 2.54. The molecule has 1 amide bonds. The van der Waals surface area contributed by atoms with E-state index in [4.69, 9.17) is 0 Å². The topological polar surface area (TPSA) is 98.2 Å². The van der Waals surface area contributed by atoms with Crippen LogP contribution in [0.1, 0.15) is 36.4 Å². The largest absolute Gasteiger partial charge is 0.507 e. The quantitative estimate of drug-likeness (QED) is 0.346. The number of sulfonamides is 1. The number of aliphatic hydroxyl groups is 1. The molecule has 36 heavy (non-hydrogen) atoms. The number of benzene rings is 2. The summed E-state index contributed by atoms with van der Waals surface area (Å²) in [5.41, 5.74) is 0.0544. The third-order valence-corrected chi connectivity index (χ3v) is 8.58. The molecule has 192 valence electrons. The fourth-order valence-corrected chi connectivity index (χ4v) is 5.62. The van der Waals surface area contributed by atoms with Crippen LogP contribution in [0, 0.1) is 5.82 Å². The van der Waals surface area contributed by atoms with Gasteiger partial charge in [-0.1, -0.05) is 24.6 Å². The number of ketones is 1. The second-order valence-electron chi connectivity index (χ2n) is 9.23. The Kier molecular flexibility index (Phi) is 7.58. The molecule has 0 saturated carbocycles. The zero-order valence-electron chi connectivity index (χ0n) is 20.4. The van der Waals surface area contributed by atoms with Crippen molar-refractivity contribution in [1.82, 2.24) is 14.1 Å². The summed E-state index contributed by atoms with van der Waals surface area (Å²) in [6, 6.07) is 10.1. The summed E-state index contributed by atoms with van der Waals surface area (Å²) in [5, 5.41) is 11.2. The summed E-state index contributed by atoms with van der Waals surface area (Å²) < 4.78 is 40.8. The van der Waals surface area contributed by atoms with Crippen molar-refractivity contribution in [3.05, 3.63) is 71.0 Å². The van der Waals surface area contributed by atoms with E-state index >= 15 is 0 Å². The number of piperidine rings is 1. The van der Waals surface area contributed by atoms with E-state index in [2.05, 4.69) is 4.90 Å². The Morgan fingerprint density at radius 3 is 2.25 bits per heavy atom. The van der Waals surface area contributed by atoms with Gasteiger partial charge in [0.15, 0.2) is 0 Å². The lowest BCUT2D eigenvalue weighted by Crippen LogP contribution is -2.40. The van der Waals surface area contributed by atoms with Crippen LogP contribution in [0.4, 0.5) is 4.39 Å². The van der Waals surface area contributed by atoms with Crippen molar-refractivity contribution in [2.45, 2.75) is 30.2 Å². The zero-order chi connectivity index (χ0) is 26.0. The highest BCUT2D eigenvalue weighted by molar-refractivity contribution is 7.89. The van der Waals surface area contributed by atoms with Gasteiger partial charge in [0.2, 0.25) is 10.0 Å². The molecule has 10 heteroatoms. The molecule has 0 aromatic heterocycles. The zero-order valence-corrected chi connectivity index (χ0v) is 21.2. The molecule has 0 spiro atoms. The van der Waals surface area contributed by atoms with Gasteiger partial charge in [-0.2, -0.15) is 0 Å². The van der Waals surface area contributed by atoms with Gasteiger partial charge in [-0.25, -0.2) is 17.1 Å². The number of Topliss-reactive ketones (excluding diaryl/α,β-unsaturated/α-hetero) is 1. The molecule has 0 aliphatic carbocycles. The van der Waals surface area contributed by atoms with Crippen LogP contribution < -0.4 is 0 Å². The van der Waals surface area contributed by atoms with Gasteiger partial charge in [0.1, 0.15) is 11.6 Å². The van der Waals surface area contributed by atoms with E-state index in [-0.39, 0.29) is 28.1 Å². The van der Waals surface area contributed by atoms with Crippen molar-refractivity contribution in [3.63, 3.8) is 0 Å². The minimum atomic E-state index is -3.69. The van der Waals surface area contributed by atoms with Crippen LogP contribution in [0.2, 0.25) is 0 Å². The first kappa shape index (κ1) is 26.0. The maximum absolute atomic E-state index is 14.9. The number of amides is 1. The van der Waals surface area contributed by atoms with Gasteiger partial charge < -0.3 is 14.9 Å². The monoisotopic (exact) mass is 515 g/mol. The number of rotatable bonds is 7. The van der Waals surface area contributed by atoms with E-state index in [1.165, 1.54) is 61.5 Å². The number of halogens is 1. The molecular weight excluding hydrogens is 485 g/mol. The fraction of sp³-hybridized carbons (Fsp3) is 0.385. The second kappa shape index (κ2) is 10.5. The summed E-state index contributed by atoms with van der Waals surface area (Å²) in [7, 11) is -0.881. The Bertz CT molecular complexity index is 1280. The lowest BCUT2D eigenvalue weighted by atomic mass is 9.95. The molecule has 0 bridgehead atoms. The van der Waals surface area contributed by atoms with Gasteiger partial charge in [0, 0.05) is 38.3 Å². The number of hydrogen-bond donors (Lipinski definition) is 1.